The Morgan fingerprint density at radius 1 is 1.06 bits per heavy atom. The zero-order valence-corrected chi connectivity index (χ0v) is 21.3. The van der Waals surface area contributed by atoms with Gasteiger partial charge in [0.1, 0.15) is 17.9 Å². The van der Waals surface area contributed by atoms with E-state index in [9.17, 15) is 19.2 Å². The number of carbonyl (C=O) groups excluding carboxylic acids is 4. The number of nitrogens with zero attached hydrogens (tertiary/aromatic N) is 2. The minimum atomic E-state index is -0.992. The molecule has 2 N–H and O–H groups in total. The van der Waals surface area contributed by atoms with Crippen LogP contribution >= 0.6 is 0 Å². The lowest BCUT2D eigenvalue weighted by molar-refractivity contribution is -0.138. The molecule has 36 heavy (non-hydrogen) atoms. The Bertz CT molecular complexity index is 1060. The molecular formula is C27H36N4O5. The van der Waals surface area contributed by atoms with E-state index in [1.54, 1.807) is 25.1 Å². The Morgan fingerprint density at radius 3 is 2.42 bits per heavy atom. The van der Waals surface area contributed by atoms with Crippen molar-refractivity contribution in [3.63, 3.8) is 0 Å². The summed E-state index contributed by atoms with van der Waals surface area (Å²) >= 11 is 0. The molecule has 3 fully saturated rings. The average molecular weight is 497 g/mol. The van der Waals surface area contributed by atoms with Crippen molar-refractivity contribution in [2.45, 2.75) is 77.1 Å². The van der Waals surface area contributed by atoms with Crippen LogP contribution in [0.5, 0.6) is 5.75 Å². The number of benzene rings is 1. The predicted molar refractivity (Wildman–Crippen MR) is 133 cm³/mol. The van der Waals surface area contributed by atoms with Crippen LogP contribution in [0.4, 0.5) is 0 Å². The number of ether oxygens (including phenoxy) is 1. The maximum Gasteiger partial charge on any atom is 0.262 e. The largest absolute Gasteiger partial charge is 0.490 e. The normalized spacial score (nSPS) is 29.0. The quantitative estimate of drug-likeness (QED) is 0.556. The van der Waals surface area contributed by atoms with Gasteiger partial charge in [-0.05, 0) is 69.8 Å². The standard InChI is InChI=1S/C27H36N4O5/c1-15(2)30(14-17-6-8-28-9-7-17)18-11-20(12-18)36-19-4-5-21-22(13-19)27(35)31(26(21)34)24-16(3)10-23(32)29-25(24)33/h4-5,13,15-18,20,24,28H,6-12,14H2,1-3H3,(H,29,32,33)/t16-,18?,20?,24+/m1/s1. The van der Waals surface area contributed by atoms with Crippen LogP contribution in [0.25, 0.3) is 0 Å². The molecule has 2 saturated heterocycles. The number of piperidine rings is 2. The van der Waals surface area contributed by atoms with Crippen LogP contribution < -0.4 is 15.4 Å². The molecule has 4 amide bonds. The third-order valence-electron chi connectivity index (χ3n) is 8.18. The van der Waals surface area contributed by atoms with E-state index in [0.29, 0.717) is 17.8 Å². The molecule has 1 aromatic rings. The Balaban J connectivity index is 1.22. The molecule has 0 unspecified atom stereocenters. The van der Waals surface area contributed by atoms with E-state index in [0.717, 1.165) is 43.3 Å². The number of imide groups is 2. The van der Waals surface area contributed by atoms with Crippen molar-refractivity contribution in [1.29, 1.82) is 0 Å². The van der Waals surface area contributed by atoms with E-state index in [4.69, 9.17) is 4.74 Å². The second-order valence-corrected chi connectivity index (χ2v) is 11.1. The van der Waals surface area contributed by atoms with Crippen LogP contribution in [0.3, 0.4) is 0 Å². The molecule has 1 aromatic carbocycles. The van der Waals surface area contributed by atoms with E-state index in [-0.39, 0.29) is 29.6 Å². The van der Waals surface area contributed by atoms with Crippen molar-refractivity contribution in [2.24, 2.45) is 11.8 Å². The molecule has 0 radical (unpaired) electrons. The molecule has 2 atom stereocenters. The number of carbonyl (C=O) groups is 4. The highest BCUT2D eigenvalue weighted by molar-refractivity contribution is 6.23. The smallest absolute Gasteiger partial charge is 0.262 e. The van der Waals surface area contributed by atoms with Gasteiger partial charge in [0, 0.05) is 37.9 Å². The molecule has 0 aromatic heterocycles. The highest BCUT2D eigenvalue weighted by Crippen LogP contribution is 2.35. The SMILES string of the molecule is CC(C)N(CC1CCNCC1)C1CC(Oc2ccc3c(c2)C(=O)N([C@@H]2C(=O)NC(=O)C[C@H]2C)C3=O)C1. The van der Waals surface area contributed by atoms with Crippen molar-refractivity contribution < 1.29 is 23.9 Å². The van der Waals surface area contributed by atoms with Crippen LogP contribution in [-0.2, 0) is 9.59 Å². The zero-order chi connectivity index (χ0) is 25.6. The first-order valence-corrected chi connectivity index (χ1v) is 13.2. The molecule has 0 spiro atoms. The predicted octanol–water partition coefficient (Wildman–Crippen LogP) is 1.95. The highest BCUT2D eigenvalue weighted by Gasteiger charge is 2.47. The number of hydrogen-bond acceptors (Lipinski definition) is 7. The van der Waals surface area contributed by atoms with Crippen LogP contribution in [0.1, 0.15) is 73.6 Å². The van der Waals surface area contributed by atoms with Gasteiger partial charge in [-0.15, -0.1) is 0 Å². The topological polar surface area (TPSA) is 108 Å². The molecule has 0 bridgehead atoms. The first-order valence-electron chi connectivity index (χ1n) is 13.2. The van der Waals surface area contributed by atoms with E-state index >= 15 is 0 Å². The van der Waals surface area contributed by atoms with Gasteiger partial charge >= 0.3 is 0 Å². The third kappa shape index (κ3) is 4.66. The molecule has 5 rings (SSSR count). The summed E-state index contributed by atoms with van der Waals surface area (Å²) in [6.07, 6.45) is 4.49. The second kappa shape index (κ2) is 9.94. The van der Waals surface area contributed by atoms with Crippen molar-refractivity contribution >= 4 is 23.6 Å². The van der Waals surface area contributed by atoms with Crippen LogP contribution in [0.15, 0.2) is 18.2 Å². The van der Waals surface area contributed by atoms with Gasteiger partial charge in [0.05, 0.1) is 11.1 Å². The number of hydrogen-bond donors (Lipinski definition) is 2. The lowest BCUT2D eigenvalue weighted by Crippen LogP contribution is -2.58. The first kappa shape index (κ1) is 24.9. The van der Waals surface area contributed by atoms with Crippen molar-refractivity contribution in [1.82, 2.24) is 20.4 Å². The van der Waals surface area contributed by atoms with Gasteiger partial charge in [-0.1, -0.05) is 6.92 Å². The van der Waals surface area contributed by atoms with Gasteiger partial charge in [0.25, 0.3) is 11.8 Å². The molecule has 9 nitrogen and oxygen atoms in total. The molecule has 1 saturated carbocycles. The molecule has 4 aliphatic rings. The van der Waals surface area contributed by atoms with Gasteiger partial charge in [0.15, 0.2) is 0 Å². The Labute approximate surface area is 211 Å². The fourth-order valence-electron chi connectivity index (χ4n) is 6.10. The third-order valence-corrected chi connectivity index (χ3v) is 8.18. The maximum atomic E-state index is 13.2. The Hall–Kier alpha value is -2.78. The Morgan fingerprint density at radius 2 is 1.75 bits per heavy atom. The van der Waals surface area contributed by atoms with Gasteiger partial charge in [0.2, 0.25) is 11.8 Å². The van der Waals surface area contributed by atoms with E-state index in [1.165, 1.54) is 12.8 Å². The van der Waals surface area contributed by atoms with E-state index in [2.05, 4.69) is 29.4 Å². The summed E-state index contributed by atoms with van der Waals surface area (Å²) in [6, 6.07) is 4.93. The number of rotatable bonds is 7. The summed E-state index contributed by atoms with van der Waals surface area (Å²) in [5, 5.41) is 5.69. The summed E-state index contributed by atoms with van der Waals surface area (Å²) in [4.78, 5) is 53.9. The lowest BCUT2D eigenvalue weighted by Gasteiger charge is -2.46. The van der Waals surface area contributed by atoms with Crippen LogP contribution in [0, 0.1) is 11.8 Å². The minimum Gasteiger partial charge on any atom is -0.490 e. The van der Waals surface area contributed by atoms with Crippen LogP contribution in [-0.4, -0.2) is 77.3 Å². The number of fused-ring (bicyclic) bond motifs is 1. The van der Waals surface area contributed by atoms with Crippen molar-refractivity contribution in [3.8, 4) is 5.75 Å². The molecule has 3 aliphatic heterocycles. The van der Waals surface area contributed by atoms with Gasteiger partial charge in [-0.2, -0.15) is 0 Å². The average Bonchev–Trinajstić information content (AvgIpc) is 3.04. The maximum absolute atomic E-state index is 13.2. The number of amides is 4. The first-order chi connectivity index (χ1) is 17.2. The van der Waals surface area contributed by atoms with Crippen molar-refractivity contribution in [2.75, 3.05) is 19.6 Å². The van der Waals surface area contributed by atoms with Gasteiger partial charge in [-0.25, -0.2) is 0 Å². The summed E-state index contributed by atoms with van der Waals surface area (Å²) in [5.74, 6) is -1.15. The van der Waals surface area contributed by atoms with E-state index < -0.39 is 29.7 Å². The van der Waals surface area contributed by atoms with Gasteiger partial charge < -0.3 is 10.1 Å². The highest BCUT2D eigenvalue weighted by atomic mass is 16.5. The molecule has 1 aliphatic carbocycles. The second-order valence-electron chi connectivity index (χ2n) is 11.1. The van der Waals surface area contributed by atoms with Gasteiger partial charge in [-0.3, -0.25) is 34.3 Å². The molecule has 9 heteroatoms. The van der Waals surface area contributed by atoms with Crippen LogP contribution in [0.2, 0.25) is 0 Å². The minimum absolute atomic E-state index is 0.0702. The zero-order valence-electron chi connectivity index (χ0n) is 21.3. The monoisotopic (exact) mass is 496 g/mol. The Kier molecular flexibility index (Phi) is 6.87. The summed E-state index contributed by atoms with van der Waals surface area (Å²) in [7, 11) is 0. The molecule has 194 valence electrons. The molecule has 3 heterocycles. The lowest BCUT2D eigenvalue weighted by atomic mass is 9.85. The summed E-state index contributed by atoms with van der Waals surface area (Å²) < 4.78 is 6.20. The van der Waals surface area contributed by atoms with Crippen molar-refractivity contribution in [3.05, 3.63) is 29.3 Å². The fourth-order valence-corrected chi connectivity index (χ4v) is 6.10. The van der Waals surface area contributed by atoms with E-state index in [1.807, 2.05) is 0 Å². The summed E-state index contributed by atoms with van der Waals surface area (Å²) in [5.41, 5.74) is 0.517. The molecular weight excluding hydrogens is 460 g/mol. The fraction of sp³-hybridized carbons (Fsp3) is 0.630. The number of nitrogens with one attached hydrogen (secondary N) is 2. The summed E-state index contributed by atoms with van der Waals surface area (Å²) in [6.45, 7) is 9.55.